The minimum Gasteiger partial charge on any atom is -0.478 e. The highest BCUT2D eigenvalue weighted by molar-refractivity contribution is 5.97. The maximum atomic E-state index is 11.3. The van der Waals surface area contributed by atoms with Crippen LogP contribution in [0.3, 0.4) is 0 Å². The first kappa shape index (κ1) is 16.6. The number of fused-ring (bicyclic) bond motifs is 1. The number of carboxylic acid groups (broad SMARTS) is 1. The van der Waals surface area contributed by atoms with Crippen LogP contribution in [0.4, 0.5) is 0 Å². The number of hydrogen-bond acceptors (Lipinski definition) is 2. The van der Waals surface area contributed by atoms with Crippen LogP contribution in [0.25, 0.3) is 10.9 Å². The lowest BCUT2D eigenvalue weighted by molar-refractivity contribution is 0.0697. The van der Waals surface area contributed by atoms with E-state index in [2.05, 4.69) is 18.4 Å². The van der Waals surface area contributed by atoms with Crippen LogP contribution >= 0.6 is 0 Å². The van der Waals surface area contributed by atoms with Gasteiger partial charge in [0.2, 0.25) is 0 Å². The Kier molecular flexibility index (Phi) is 5.24. The van der Waals surface area contributed by atoms with Gasteiger partial charge in [-0.3, -0.25) is 0 Å². The van der Waals surface area contributed by atoms with Gasteiger partial charge in [-0.2, -0.15) is 0 Å². The number of hydrogen-bond donors (Lipinski definition) is 2. The number of aliphatic hydroxyl groups is 1. The number of unbranched alkanes of at least 4 members (excludes halogenated alkanes) is 1. The Hall–Kier alpha value is -1.81. The molecule has 2 rings (SSSR count). The van der Waals surface area contributed by atoms with E-state index in [4.69, 9.17) is 5.11 Å². The summed E-state index contributed by atoms with van der Waals surface area (Å²) in [5.41, 5.74) is 4.89. The van der Waals surface area contributed by atoms with Gasteiger partial charge in [-0.15, -0.1) is 0 Å². The van der Waals surface area contributed by atoms with Crippen LogP contribution in [0.2, 0.25) is 0 Å². The standard InChI is InChI=1S/C18H25NO3/c1-4-5-7-15-13(3)19(8-6-9-20)17-12(2)10-14(18(21)22)11-16(15)17/h10-11,20H,4-9H2,1-3H3,(H,21,22). The summed E-state index contributed by atoms with van der Waals surface area (Å²) in [6.07, 6.45) is 3.88. The van der Waals surface area contributed by atoms with Crippen molar-refractivity contribution in [3.05, 3.63) is 34.5 Å². The molecule has 0 saturated heterocycles. The van der Waals surface area contributed by atoms with E-state index in [1.54, 1.807) is 12.1 Å². The van der Waals surface area contributed by atoms with Gasteiger partial charge >= 0.3 is 5.97 Å². The Bertz CT molecular complexity index is 685. The van der Waals surface area contributed by atoms with Gasteiger partial charge in [-0.05, 0) is 56.4 Å². The molecule has 4 heteroatoms. The molecule has 0 aliphatic rings. The summed E-state index contributed by atoms with van der Waals surface area (Å²) < 4.78 is 2.23. The number of aromatic nitrogens is 1. The molecule has 0 atom stereocenters. The number of aromatic carboxylic acids is 1. The van der Waals surface area contributed by atoms with Crippen LogP contribution in [-0.4, -0.2) is 27.4 Å². The first-order valence-electron chi connectivity index (χ1n) is 7.97. The van der Waals surface area contributed by atoms with Gasteiger partial charge in [0, 0.05) is 24.2 Å². The molecule has 0 aliphatic carbocycles. The monoisotopic (exact) mass is 303 g/mol. The van der Waals surface area contributed by atoms with Crippen molar-refractivity contribution < 1.29 is 15.0 Å². The molecule has 2 aromatic rings. The van der Waals surface area contributed by atoms with E-state index in [0.29, 0.717) is 12.0 Å². The smallest absolute Gasteiger partial charge is 0.335 e. The van der Waals surface area contributed by atoms with E-state index in [1.807, 2.05) is 6.92 Å². The minimum atomic E-state index is -0.882. The quantitative estimate of drug-likeness (QED) is 0.820. The second kappa shape index (κ2) is 6.97. The van der Waals surface area contributed by atoms with E-state index < -0.39 is 5.97 Å². The molecule has 0 unspecified atom stereocenters. The first-order chi connectivity index (χ1) is 10.5. The predicted octanol–water partition coefficient (Wildman–Crippen LogP) is 3.68. The highest BCUT2D eigenvalue weighted by atomic mass is 16.4. The third-order valence-electron chi connectivity index (χ3n) is 4.30. The van der Waals surface area contributed by atoms with Gasteiger partial charge in [0.15, 0.2) is 0 Å². The van der Waals surface area contributed by atoms with Gasteiger partial charge in [-0.1, -0.05) is 13.3 Å². The second-order valence-electron chi connectivity index (χ2n) is 5.89. The van der Waals surface area contributed by atoms with Crippen molar-refractivity contribution in [1.29, 1.82) is 0 Å². The lowest BCUT2D eigenvalue weighted by Crippen LogP contribution is -2.04. The fraction of sp³-hybridized carbons (Fsp3) is 0.500. The van der Waals surface area contributed by atoms with E-state index in [-0.39, 0.29) is 6.61 Å². The molecule has 0 aliphatic heterocycles. The Morgan fingerprint density at radius 2 is 1.95 bits per heavy atom. The summed E-state index contributed by atoms with van der Waals surface area (Å²) in [6.45, 7) is 7.15. The molecular weight excluding hydrogens is 278 g/mol. The zero-order chi connectivity index (χ0) is 16.3. The molecule has 0 bridgehead atoms. The van der Waals surface area contributed by atoms with E-state index in [9.17, 15) is 9.90 Å². The van der Waals surface area contributed by atoms with E-state index in [0.717, 1.165) is 42.3 Å². The van der Waals surface area contributed by atoms with Crippen LogP contribution in [0.5, 0.6) is 0 Å². The summed E-state index contributed by atoms with van der Waals surface area (Å²) in [5.74, 6) is -0.882. The summed E-state index contributed by atoms with van der Waals surface area (Å²) in [5, 5.41) is 19.5. The van der Waals surface area contributed by atoms with Gasteiger partial charge in [0.1, 0.15) is 0 Å². The molecule has 1 aromatic heterocycles. The molecule has 4 nitrogen and oxygen atoms in total. The zero-order valence-corrected chi connectivity index (χ0v) is 13.6. The number of nitrogens with zero attached hydrogens (tertiary/aromatic N) is 1. The number of aryl methyl sites for hydroxylation is 3. The maximum Gasteiger partial charge on any atom is 0.335 e. The summed E-state index contributed by atoms with van der Waals surface area (Å²) in [6, 6.07) is 3.54. The van der Waals surface area contributed by atoms with Gasteiger partial charge in [0.25, 0.3) is 0 Å². The van der Waals surface area contributed by atoms with Gasteiger partial charge < -0.3 is 14.8 Å². The number of rotatable bonds is 7. The molecule has 0 saturated carbocycles. The van der Waals surface area contributed by atoms with Crippen molar-refractivity contribution in [1.82, 2.24) is 4.57 Å². The molecule has 1 heterocycles. The van der Waals surface area contributed by atoms with E-state index in [1.165, 1.54) is 11.3 Å². The van der Waals surface area contributed by atoms with E-state index >= 15 is 0 Å². The fourth-order valence-electron chi connectivity index (χ4n) is 3.19. The lowest BCUT2D eigenvalue weighted by atomic mass is 10.0. The van der Waals surface area contributed by atoms with Crippen molar-refractivity contribution >= 4 is 16.9 Å². The van der Waals surface area contributed by atoms with Crippen LogP contribution in [0.15, 0.2) is 12.1 Å². The molecule has 0 spiro atoms. The Morgan fingerprint density at radius 1 is 1.23 bits per heavy atom. The summed E-state index contributed by atoms with van der Waals surface area (Å²) in [7, 11) is 0. The maximum absolute atomic E-state index is 11.3. The topological polar surface area (TPSA) is 62.5 Å². The largest absolute Gasteiger partial charge is 0.478 e. The summed E-state index contributed by atoms with van der Waals surface area (Å²) >= 11 is 0. The zero-order valence-electron chi connectivity index (χ0n) is 13.6. The Morgan fingerprint density at radius 3 is 2.55 bits per heavy atom. The lowest BCUT2D eigenvalue weighted by Gasteiger charge is -2.09. The highest BCUT2D eigenvalue weighted by Crippen LogP contribution is 2.31. The molecule has 0 fully saturated rings. The molecule has 0 radical (unpaired) electrons. The normalized spacial score (nSPS) is 11.3. The first-order valence-corrected chi connectivity index (χ1v) is 7.97. The third kappa shape index (κ3) is 3.02. The van der Waals surface area contributed by atoms with Crippen LogP contribution < -0.4 is 0 Å². The molecule has 0 amide bonds. The van der Waals surface area contributed by atoms with Crippen molar-refractivity contribution in [2.45, 2.75) is 53.0 Å². The average molecular weight is 303 g/mol. The molecular formula is C18H25NO3. The number of carbonyl (C=O) groups is 1. The van der Waals surface area contributed by atoms with Crippen LogP contribution in [0.1, 0.15) is 53.4 Å². The highest BCUT2D eigenvalue weighted by Gasteiger charge is 2.17. The van der Waals surface area contributed by atoms with Crippen LogP contribution in [0, 0.1) is 13.8 Å². The number of benzene rings is 1. The molecule has 120 valence electrons. The Balaban J connectivity index is 2.68. The van der Waals surface area contributed by atoms with Gasteiger partial charge in [-0.25, -0.2) is 4.79 Å². The van der Waals surface area contributed by atoms with Crippen LogP contribution in [-0.2, 0) is 13.0 Å². The molecule has 22 heavy (non-hydrogen) atoms. The Labute approximate surface area is 131 Å². The predicted molar refractivity (Wildman–Crippen MR) is 88.7 cm³/mol. The van der Waals surface area contributed by atoms with Crippen molar-refractivity contribution in [2.75, 3.05) is 6.61 Å². The fourth-order valence-corrected chi connectivity index (χ4v) is 3.19. The molecule has 1 aromatic carbocycles. The van der Waals surface area contributed by atoms with Gasteiger partial charge in [0.05, 0.1) is 11.1 Å². The van der Waals surface area contributed by atoms with Crippen molar-refractivity contribution in [2.24, 2.45) is 0 Å². The van der Waals surface area contributed by atoms with Crippen molar-refractivity contribution in [3.63, 3.8) is 0 Å². The minimum absolute atomic E-state index is 0.162. The summed E-state index contributed by atoms with van der Waals surface area (Å²) in [4.78, 5) is 11.3. The third-order valence-corrected chi connectivity index (χ3v) is 4.30. The number of aliphatic hydroxyl groups excluding tert-OH is 1. The molecule has 2 N–H and O–H groups in total. The average Bonchev–Trinajstić information content (AvgIpc) is 2.75. The SMILES string of the molecule is CCCCc1c(C)n(CCCO)c2c(C)cc(C(=O)O)cc12. The van der Waals surface area contributed by atoms with Crippen molar-refractivity contribution in [3.8, 4) is 0 Å². The number of carboxylic acids is 1. The second-order valence-corrected chi connectivity index (χ2v) is 5.89.